The molecule has 0 saturated carbocycles. The fourth-order valence-corrected chi connectivity index (χ4v) is 3.26. The quantitative estimate of drug-likeness (QED) is 0.505. The van der Waals surface area contributed by atoms with E-state index in [9.17, 15) is 4.79 Å². The first-order valence-electron chi connectivity index (χ1n) is 8.07. The number of hydrogen-bond acceptors (Lipinski definition) is 6. The van der Waals surface area contributed by atoms with Crippen LogP contribution in [-0.2, 0) is 11.3 Å². The molecule has 0 aliphatic heterocycles. The SMILES string of the molecule is C[C@H](Sc1nnc(-c2c[nH]c3ccccc23)o1)C(=O)NCc1ccco1. The molecule has 8 heteroatoms. The molecule has 3 aromatic heterocycles. The second-order valence-corrected chi connectivity index (χ2v) is 6.97. The monoisotopic (exact) mass is 368 g/mol. The molecule has 0 fully saturated rings. The maximum atomic E-state index is 12.2. The van der Waals surface area contributed by atoms with Gasteiger partial charge in [-0.3, -0.25) is 4.79 Å². The maximum Gasteiger partial charge on any atom is 0.277 e. The number of nitrogens with one attached hydrogen (secondary N) is 2. The van der Waals surface area contributed by atoms with E-state index < -0.39 is 0 Å². The van der Waals surface area contributed by atoms with Gasteiger partial charge in [-0.25, -0.2) is 0 Å². The molecule has 4 rings (SSSR count). The number of amides is 1. The molecule has 0 unspecified atom stereocenters. The zero-order valence-corrected chi connectivity index (χ0v) is 14.7. The number of carbonyl (C=O) groups is 1. The van der Waals surface area contributed by atoms with E-state index in [4.69, 9.17) is 8.83 Å². The van der Waals surface area contributed by atoms with Gasteiger partial charge < -0.3 is 19.1 Å². The lowest BCUT2D eigenvalue weighted by atomic mass is 10.2. The number of hydrogen-bond donors (Lipinski definition) is 2. The molecule has 0 spiro atoms. The summed E-state index contributed by atoms with van der Waals surface area (Å²) in [6.45, 7) is 2.14. The summed E-state index contributed by atoms with van der Waals surface area (Å²) in [5.74, 6) is 1.00. The van der Waals surface area contributed by atoms with Gasteiger partial charge in [0.2, 0.25) is 5.91 Å². The molecule has 1 amide bonds. The number of benzene rings is 1. The first-order chi connectivity index (χ1) is 12.7. The van der Waals surface area contributed by atoms with Crippen LogP contribution in [0.4, 0.5) is 0 Å². The molecular weight excluding hydrogens is 352 g/mol. The van der Waals surface area contributed by atoms with Crippen molar-refractivity contribution in [2.24, 2.45) is 0 Å². The minimum atomic E-state index is -0.374. The molecule has 1 aromatic carbocycles. The summed E-state index contributed by atoms with van der Waals surface area (Å²) in [5, 5.41) is 12.0. The van der Waals surface area contributed by atoms with Gasteiger partial charge in [0, 0.05) is 17.1 Å². The lowest BCUT2D eigenvalue weighted by Gasteiger charge is -2.08. The number of thioether (sulfide) groups is 1. The molecule has 4 aromatic rings. The molecular formula is C18H16N4O3S. The Kier molecular flexibility index (Phi) is 4.49. The molecule has 0 radical (unpaired) electrons. The van der Waals surface area contributed by atoms with Crippen molar-refractivity contribution in [3.8, 4) is 11.5 Å². The number of furan rings is 1. The van der Waals surface area contributed by atoms with Crippen molar-refractivity contribution in [1.29, 1.82) is 0 Å². The van der Waals surface area contributed by atoms with E-state index in [-0.39, 0.29) is 11.2 Å². The van der Waals surface area contributed by atoms with Gasteiger partial charge in [0.05, 0.1) is 23.6 Å². The van der Waals surface area contributed by atoms with Gasteiger partial charge in [-0.15, -0.1) is 10.2 Å². The van der Waals surface area contributed by atoms with Gasteiger partial charge in [0.25, 0.3) is 11.1 Å². The van der Waals surface area contributed by atoms with Crippen molar-refractivity contribution in [3.63, 3.8) is 0 Å². The second-order valence-electron chi connectivity index (χ2n) is 5.68. The predicted molar refractivity (Wildman–Crippen MR) is 97.5 cm³/mol. The van der Waals surface area contributed by atoms with Crippen LogP contribution in [0.25, 0.3) is 22.4 Å². The average Bonchev–Trinajstić information content (AvgIpc) is 3.39. The van der Waals surface area contributed by atoms with Crippen LogP contribution in [0.3, 0.4) is 0 Å². The fourth-order valence-electron chi connectivity index (χ4n) is 2.55. The largest absolute Gasteiger partial charge is 0.467 e. The Balaban J connectivity index is 1.42. The lowest BCUT2D eigenvalue weighted by molar-refractivity contribution is -0.120. The van der Waals surface area contributed by atoms with Crippen LogP contribution in [-0.4, -0.2) is 26.3 Å². The Labute approximate surface area is 153 Å². The van der Waals surface area contributed by atoms with Crippen LogP contribution in [0.2, 0.25) is 0 Å². The number of nitrogens with zero attached hydrogens (tertiary/aromatic N) is 2. The smallest absolute Gasteiger partial charge is 0.277 e. The normalized spacial score (nSPS) is 12.3. The van der Waals surface area contributed by atoms with Crippen molar-refractivity contribution in [1.82, 2.24) is 20.5 Å². The molecule has 1 atom stereocenters. The van der Waals surface area contributed by atoms with E-state index in [1.165, 1.54) is 11.8 Å². The van der Waals surface area contributed by atoms with Crippen LogP contribution < -0.4 is 5.32 Å². The van der Waals surface area contributed by atoms with E-state index in [1.54, 1.807) is 19.3 Å². The third-order valence-corrected chi connectivity index (χ3v) is 4.82. The lowest BCUT2D eigenvalue weighted by Crippen LogP contribution is -2.30. The Morgan fingerprint density at radius 2 is 2.15 bits per heavy atom. The molecule has 2 N–H and O–H groups in total. The fraction of sp³-hybridized carbons (Fsp3) is 0.167. The highest BCUT2D eigenvalue weighted by Crippen LogP contribution is 2.30. The van der Waals surface area contributed by atoms with E-state index in [2.05, 4.69) is 20.5 Å². The Hall–Kier alpha value is -3.00. The molecule has 0 bridgehead atoms. The summed E-state index contributed by atoms with van der Waals surface area (Å²) in [6, 6.07) is 11.5. The average molecular weight is 368 g/mol. The van der Waals surface area contributed by atoms with Crippen molar-refractivity contribution >= 4 is 28.6 Å². The van der Waals surface area contributed by atoms with Crippen molar-refractivity contribution in [2.45, 2.75) is 23.9 Å². The summed E-state index contributed by atoms with van der Waals surface area (Å²) in [4.78, 5) is 15.4. The standard InChI is InChI=1S/C18H16N4O3S/c1-11(16(23)20-9-12-5-4-8-24-12)26-18-22-21-17(25-18)14-10-19-15-7-3-2-6-13(14)15/h2-8,10-11,19H,9H2,1H3,(H,20,23)/t11-/m0/s1. The molecule has 3 heterocycles. The van der Waals surface area contributed by atoms with E-state index >= 15 is 0 Å². The highest BCUT2D eigenvalue weighted by Gasteiger charge is 2.19. The maximum absolute atomic E-state index is 12.2. The minimum Gasteiger partial charge on any atom is -0.467 e. The van der Waals surface area contributed by atoms with Crippen LogP contribution >= 0.6 is 11.8 Å². The number of aromatic amines is 1. The second kappa shape index (κ2) is 7.09. The van der Waals surface area contributed by atoms with E-state index in [1.807, 2.05) is 36.5 Å². The van der Waals surface area contributed by atoms with Crippen molar-refractivity contribution < 1.29 is 13.6 Å². The number of H-pyrrole nitrogens is 1. The topological polar surface area (TPSA) is 97.0 Å². The van der Waals surface area contributed by atoms with Crippen LogP contribution in [0.5, 0.6) is 0 Å². The van der Waals surface area contributed by atoms with Gasteiger partial charge >= 0.3 is 0 Å². The predicted octanol–water partition coefficient (Wildman–Crippen LogP) is 3.61. The molecule has 0 saturated heterocycles. The number of aromatic nitrogens is 3. The molecule has 132 valence electrons. The van der Waals surface area contributed by atoms with Crippen LogP contribution in [0, 0.1) is 0 Å². The Morgan fingerprint density at radius 1 is 1.27 bits per heavy atom. The van der Waals surface area contributed by atoms with E-state index in [0.717, 1.165) is 16.5 Å². The molecule has 0 aliphatic rings. The van der Waals surface area contributed by atoms with Gasteiger partial charge in [-0.1, -0.05) is 30.0 Å². The number of rotatable bonds is 6. The minimum absolute atomic E-state index is 0.127. The first-order valence-corrected chi connectivity index (χ1v) is 8.95. The van der Waals surface area contributed by atoms with Crippen LogP contribution in [0.1, 0.15) is 12.7 Å². The van der Waals surface area contributed by atoms with E-state index in [0.29, 0.717) is 23.4 Å². The summed E-state index contributed by atoms with van der Waals surface area (Å²) in [5.41, 5.74) is 1.84. The van der Waals surface area contributed by atoms with Gasteiger partial charge in [0.15, 0.2) is 0 Å². The Bertz CT molecular complexity index is 1020. The molecule has 0 aliphatic carbocycles. The van der Waals surface area contributed by atoms with Crippen molar-refractivity contribution in [3.05, 3.63) is 54.6 Å². The highest BCUT2D eigenvalue weighted by atomic mass is 32.2. The summed E-state index contributed by atoms with van der Waals surface area (Å²) in [7, 11) is 0. The van der Waals surface area contributed by atoms with Crippen molar-refractivity contribution in [2.75, 3.05) is 0 Å². The number of carbonyl (C=O) groups excluding carboxylic acids is 1. The summed E-state index contributed by atoms with van der Waals surface area (Å²) in [6.07, 6.45) is 3.41. The van der Waals surface area contributed by atoms with Gasteiger partial charge in [-0.05, 0) is 25.1 Å². The van der Waals surface area contributed by atoms with Gasteiger partial charge in [0.1, 0.15) is 5.76 Å². The third-order valence-electron chi connectivity index (χ3n) is 3.89. The summed E-state index contributed by atoms with van der Waals surface area (Å²) >= 11 is 1.22. The van der Waals surface area contributed by atoms with Crippen LogP contribution in [0.15, 0.2) is 62.9 Å². The highest BCUT2D eigenvalue weighted by molar-refractivity contribution is 8.00. The first kappa shape index (κ1) is 16.5. The zero-order valence-electron chi connectivity index (χ0n) is 13.9. The third kappa shape index (κ3) is 3.36. The summed E-state index contributed by atoms with van der Waals surface area (Å²) < 4.78 is 10.9. The number of fused-ring (bicyclic) bond motifs is 1. The Morgan fingerprint density at radius 3 is 3.00 bits per heavy atom. The van der Waals surface area contributed by atoms with Gasteiger partial charge in [-0.2, -0.15) is 0 Å². The zero-order chi connectivity index (χ0) is 17.9. The number of para-hydroxylation sites is 1. The molecule has 7 nitrogen and oxygen atoms in total. The molecule has 26 heavy (non-hydrogen) atoms.